The van der Waals surface area contributed by atoms with E-state index in [1.54, 1.807) is 31.4 Å². The van der Waals surface area contributed by atoms with Gasteiger partial charge in [0.15, 0.2) is 11.6 Å². The quantitative estimate of drug-likeness (QED) is 0.364. The van der Waals surface area contributed by atoms with E-state index in [9.17, 15) is 4.39 Å². The average Bonchev–Trinajstić information content (AvgIpc) is 3.25. The molecule has 2 fully saturated rings. The van der Waals surface area contributed by atoms with Gasteiger partial charge in [-0.15, -0.1) is 0 Å². The third-order valence-corrected chi connectivity index (χ3v) is 7.32. The number of nitrogens with zero attached hydrogens (tertiary/aromatic N) is 2. The number of benzene rings is 2. The van der Waals surface area contributed by atoms with Crippen molar-refractivity contribution in [3.63, 3.8) is 0 Å². The second-order valence-electron chi connectivity index (χ2n) is 10.2. The van der Waals surface area contributed by atoms with Crippen LogP contribution in [0.1, 0.15) is 33.6 Å². The lowest BCUT2D eigenvalue weighted by Gasteiger charge is -2.38. The standard InChI is InChI=1S/C29H40F2N2O4/c1-5-35-23-8-9-24(30)26(16-23)32-12-11-27(20(2)17-32)37-28-10-7-22(15-25(28)31)33-18-21(3)29(19-33)36-14-6-13-34-4/h7-10,15-16,20-21,27,29H,5-6,11-14,17-19H2,1-4H3/t20?,21?,27?,29-/m0/s1. The van der Waals surface area contributed by atoms with Crippen LogP contribution in [0.25, 0.3) is 0 Å². The van der Waals surface area contributed by atoms with Gasteiger partial charge in [-0.3, -0.25) is 0 Å². The summed E-state index contributed by atoms with van der Waals surface area (Å²) in [6, 6.07) is 10.1. The molecule has 0 amide bonds. The molecular weight excluding hydrogens is 478 g/mol. The largest absolute Gasteiger partial charge is 0.494 e. The highest BCUT2D eigenvalue weighted by Crippen LogP contribution is 2.33. The number of piperidine rings is 1. The molecule has 2 aliphatic rings. The van der Waals surface area contributed by atoms with E-state index in [1.807, 2.05) is 17.9 Å². The second-order valence-corrected chi connectivity index (χ2v) is 10.2. The lowest BCUT2D eigenvalue weighted by atomic mass is 9.95. The molecule has 2 aliphatic heterocycles. The number of halogens is 2. The summed E-state index contributed by atoms with van der Waals surface area (Å²) in [6.45, 7) is 10.8. The molecule has 2 heterocycles. The van der Waals surface area contributed by atoms with Gasteiger partial charge < -0.3 is 28.7 Å². The zero-order valence-corrected chi connectivity index (χ0v) is 22.4. The highest BCUT2D eigenvalue weighted by molar-refractivity contribution is 5.53. The molecule has 204 valence electrons. The molecular formula is C29H40F2N2O4. The maximum Gasteiger partial charge on any atom is 0.167 e. The Labute approximate surface area is 219 Å². The minimum absolute atomic E-state index is 0.0958. The summed E-state index contributed by atoms with van der Waals surface area (Å²) < 4.78 is 52.4. The van der Waals surface area contributed by atoms with Crippen LogP contribution in [0.2, 0.25) is 0 Å². The minimum Gasteiger partial charge on any atom is -0.494 e. The summed E-state index contributed by atoms with van der Waals surface area (Å²) in [5, 5.41) is 0. The van der Waals surface area contributed by atoms with Crippen molar-refractivity contribution in [2.24, 2.45) is 11.8 Å². The van der Waals surface area contributed by atoms with E-state index in [2.05, 4.69) is 18.7 Å². The van der Waals surface area contributed by atoms with Crippen LogP contribution < -0.4 is 19.3 Å². The SMILES string of the molecule is CCOc1ccc(F)c(N2CCC(Oc3ccc(N4CC(C)[C@@H](OCCCOC)C4)cc3F)C(C)C2)c1. The number of methoxy groups -OCH3 is 1. The van der Waals surface area contributed by atoms with Gasteiger partial charge >= 0.3 is 0 Å². The van der Waals surface area contributed by atoms with E-state index in [-0.39, 0.29) is 35.5 Å². The van der Waals surface area contributed by atoms with Crippen LogP contribution in [0.3, 0.4) is 0 Å². The molecule has 37 heavy (non-hydrogen) atoms. The van der Waals surface area contributed by atoms with Crippen LogP contribution in [0, 0.1) is 23.5 Å². The average molecular weight is 519 g/mol. The zero-order valence-electron chi connectivity index (χ0n) is 22.4. The van der Waals surface area contributed by atoms with Crippen LogP contribution in [-0.4, -0.2) is 65.3 Å². The van der Waals surface area contributed by atoms with E-state index in [0.29, 0.717) is 56.7 Å². The Hall–Kier alpha value is -2.58. The van der Waals surface area contributed by atoms with Gasteiger partial charge in [0.25, 0.3) is 0 Å². The van der Waals surface area contributed by atoms with Crippen molar-refractivity contribution in [1.29, 1.82) is 0 Å². The third kappa shape index (κ3) is 6.85. The first-order chi connectivity index (χ1) is 17.9. The molecule has 0 spiro atoms. The summed E-state index contributed by atoms with van der Waals surface area (Å²) in [4.78, 5) is 4.19. The number of hydrogen-bond donors (Lipinski definition) is 0. The first-order valence-electron chi connectivity index (χ1n) is 13.4. The summed E-state index contributed by atoms with van der Waals surface area (Å²) in [5.41, 5.74) is 1.37. The van der Waals surface area contributed by atoms with Crippen molar-refractivity contribution in [2.75, 3.05) is 62.9 Å². The molecule has 2 aromatic rings. The van der Waals surface area contributed by atoms with E-state index < -0.39 is 0 Å². The predicted molar refractivity (Wildman–Crippen MR) is 142 cm³/mol. The summed E-state index contributed by atoms with van der Waals surface area (Å²) >= 11 is 0. The van der Waals surface area contributed by atoms with Crippen molar-refractivity contribution < 1.29 is 27.7 Å². The van der Waals surface area contributed by atoms with Gasteiger partial charge in [-0.1, -0.05) is 13.8 Å². The smallest absolute Gasteiger partial charge is 0.167 e. The molecule has 0 aromatic heterocycles. The monoisotopic (exact) mass is 518 g/mol. The first kappa shape index (κ1) is 27.5. The van der Waals surface area contributed by atoms with Gasteiger partial charge in [-0.25, -0.2) is 8.78 Å². The normalized spacial score (nSPS) is 23.9. The Morgan fingerprint density at radius 1 is 0.892 bits per heavy atom. The summed E-state index contributed by atoms with van der Waals surface area (Å²) in [5.74, 6) is 0.752. The fraction of sp³-hybridized carbons (Fsp3) is 0.586. The summed E-state index contributed by atoms with van der Waals surface area (Å²) in [7, 11) is 1.69. The van der Waals surface area contributed by atoms with Gasteiger partial charge in [0.2, 0.25) is 0 Å². The van der Waals surface area contributed by atoms with Gasteiger partial charge in [-0.05, 0) is 37.6 Å². The van der Waals surface area contributed by atoms with Crippen molar-refractivity contribution in [3.05, 3.63) is 48.0 Å². The molecule has 0 bridgehead atoms. The highest BCUT2D eigenvalue weighted by Gasteiger charge is 2.32. The van der Waals surface area contributed by atoms with Crippen molar-refractivity contribution >= 4 is 11.4 Å². The molecule has 0 aliphatic carbocycles. The van der Waals surface area contributed by atoms with Gasteiger partial charge in [0.1, 0.15) is 17.7 Å². The molecule has 4 rings (SSSR count). The van der Waals surface area contributed by atoms with E-state index in [4.69, 9.17) is 18.9 Å². The minimum atomic E-state index is -0.361. The van der Waals surface area contributed by atoms with E-state index in [1.165, 1.54) is 6.07 Å². The first-order valence-corrected chi connectivity index (χ1v) is 13.4. The number of ether oxygens (including phenoxy) is 4. The van der Waals surface area contributed by atoms with Crippen molar-refractivity contribution in [3.8, 4) is 11.5 Å². The Kier molecular flexibility index (Phi) is 9.49. The Morgan fingerprint density at radius 3 is 2.41 bits per heavy atom. The predicted octanol–water partition coefficient (Wildman–Crippen LogP) is 5.54. The van der Waals surface area contributed by atoms with Crippen LogP contribution in [0.4, 0.5) is 20.2 Å². The molecule has 4 atom stereocenters. The van der Waals surface area contributed by atoms with Gasteiger partial charge in [-0.2, -0.15) is 0 Å². The van der Waals surface area contributed by atoms with Crippen molar-refractivity contribution in [1.82, 2.24) is 0 Å². The van der Waals surface area contributed by atoms with Crippen molar-refractivity contribution in [2.45, 2.75) is 45.8 Å². The lowest BCUT2D eigenvalue weighted by Crippen LogP contribution is -2.44. The second kappa shape index (κ2) is 12.8. The molecule has 2 aromatic carbocycles. The fourth-order valence-corrected chi connectivity index (χ4v) is 5.26. The van der Waals surface area contributed by atoms with Crippen LogP contribution in [0.15, 0.2) is 36.4 Å². The van der Waals surface area contributed by atoms with Crippen LogP contribution in [-0.2, 0) is 9.47 Å². The Bertz CT molecular complexity index is 1020. The third-order valence-electron chi connectivity index (χ3n) is 7.32. The zero-order chi connectivity index (χ0) is 26.4. The Balaban J connectivity index is 1.33. The molecule has 3 unspecified atom stereocenters. The molecule has 0 radical (unpaired) electrons. The van der Waals surface area contributed by atoms with Gasteiger partial charge in [0, 0.05) is 82.6 Å². The van der Waals surface area contributed by atoms with E-state index in [0.717, 1.165) is 25.2 Å². The fourth-order valence-electron chi connectivity index (χ4n) is 5.26. The van der Waals surface area contributed by atoms with Crippen LogP contribution >= 0.6 is 0 Å². The van der Waals surface area contributed by atoms with Gasteiger partial charge in [0.05, 0.1) is 18.4 Å². The number of rotatable bonds is 11. The molecule has 0 saturated carbocycles. The molecule has 6 nitrogen and oxygen atoms in total. The molecule has 2 saturated heterocycles. The maximum absolute atomic E-state index is 15.1. The highest BCUT2D eigenvalue weighted by atomic mass is 19.1. The summed E-state index contributed by atoms with van der Waals surface area (Å²) in [6.07, 6.45) is 1.52. The molecule has 8 heteroatoms. The lowest BCUT2D eigenvalue weighted by molar-refractivity contribution is 0.0310. The maximum atomic E-state index is 15.1. The van der Waals surface area contributed by atoms with E-state index >= 15 is 4.39 Å². The topological polar surface area (TPSA) is 43.4 Å². The number of anilines is 2. The Morgan fingerprint density at radius 2 is 1.68 bits per heavy atom. The molecule has 0 N–H and O–H groups in total. The van der Waals surface area contributed by atoms with Crippen LogP contribution in [0.5, 0.6) is 11.5 Å². The number of hydrogen-bond acceptors (Lipinski definition) is 6.